The summed E-state index contributed by atoms with van der Waals surface area (Å²) in [6.07, 6.45) is 2.36. The summed E-state index contributed by atoms with van der Waals surface area (Å²) < 4.78 is 0. The van der Waals surface area contributed by atoms with E-state index in [0.29, 0.717) is 6.04 Å². The van der Waals surface area contributed by atoms with Crippen LogP contribution in [0, 0.1) is 5.92 Å². The molecule has 2 N–H and O–H groups in total. The van der Waals surface area contributed by atoms with Crippen molar-refractivity contribution in [1.82, 2.24) is 9.80 Å². The van der Waals surface area contributed by atoms with Crippen molar-refractivity contribution < 1.29 is 4.79 Å². The summed E-state index contributed by atoms with van der Waals surface area (Å²) in [5.41, 5.74) is 7.46. The van der Waals surface area contributed by atoms with Gasteiger partial charge in [0.25, 0.3) is 0 Å². The summed E-state index contributed by atoms with van der Waals surface area (Å²) in [5, 5.41) is 0. The van der Waals surface area contributed by atoms with Gasteiger partial charge in [-0.25, -0.2) is 0 Å². The SMILES string of the molecule is CC(C)[C@H](N)C(=O)N(C[C@H]1CCCN1Cc1ccccc1)C(C)C. The molecular formula is C20H33N3O. The molecule has 1 fully saturated rings. The van der Waals surface area contributed by atoms with Crippen LogP contribution in [0.15, 0.2) is 30.3 Å². The number of rotatable bonds is 7. The Morgan fingerprint density at radius 2 is 1.92 bits per heavy atom. The largest absolute Gasteiger partial charge is 0.337 e. The molecule has 0 unspecified atom stereocenters. The van der Waals surface area contributed by atoms with Gasteiger partial charge in [-0.15, -0.1) is 0 Å². The quantitative estimate of drug-likeness (QED) is 0.836. The fourth-order valence-electron chi connectivity index (χ4n) is 3.39. The van der Waals surface area contributed by atoms with Gasteiger partial charge in [0.15, 0.2) is 0 Å². The maximum Gasteiger partial charge on any atom is 0.240 e. The Bertz CT molecular complexity index is 515. The monoisotopic (exact) mass is 331 g/mol. The summed E-state index contributed by atoms with van der Waals surface area (Å²) in [5.74, 6) is 0.259. The molecule has 2 rings (SSSR count). The maximum atomic E-state index is 12.8. The number of carbonyl (C=O) groups is 1. The van der Waals surface area contributed by atoms with Crippen molar-refractivity contribution in [2.45, 2.75) is 65.2 Å². The third-order valence-corrected chi connectivity index (χ3v) is 5.04. The van der Waals surface area contributed by atoms with Crippen LogP contribution >= 0.6 is 0 Å². The molecule has 0 aliphatic carbocycles. The van der Waals surface area contributed by atoms with Gasteiger partial charge in [0.1, 0.15) is 0 Å². The van der Waals surface area contributed by atoms with Crippen molar-refractivity contribution in [3.05, 3.63) is 35.9 Å². The van der Waals surface area contributed by atoms with Gasteiger partial charge in [-0.1, -0.05) is 44.2 Å². The predicted molar refractivity (Wildman–Crippen MR) is 99.5 cm³/mol. The smallest absolute Gasteiger partial charge is 0.240 e. The van der Waals surface area contributed by atoms with Crippen molar-refractivity contribution in [3.8, 4) is 0 Å². The van der Waals surface area contributed by atoms with Crippen LogP contribution in [0.2, 0.25) is 0 Å². The first-order chi connectivity index (χ1) is 11.4. The van der Waals surface area contributed by atoms with Crippen LogP contribution < -0.4 is 5.73 Å². The first kappa shape index (κ1) is 18.9. The number of carbonyl (C=O) groups excluding carboxylic acids is 1. The Balaban J connectivity index is 2.03. The highest BCUT2D eigenvalue weighted by molar-refractivity contribution is 5.82. The minimum absolute atomic E-state index is 0.0894. The van der Waals surface area contributed by atoms with E-state index in [4.69, 9.17) is 5.73 Å². The van der Waals surface area contributed by atoms with Crippen LogP contribution in [-0.4, -0.2) is 46.9 Å². The predicted octanol–water partition coefficient (Wildman–Crippen LogP) is 2.87. The number of hydrogen-bond donors (Lipinski definition) is 1. The molecule has 1 aliphatic heterocycles. The summed E-state index contributed by atoms with van der Waals surface area (Å²) in [7, 11) is 0. The van der Waals surface area contributed by atoms with Gasteiger partial charge < -0.3 is 10.6 Å². The van der Waals surface area contributed by atoms with Gasteiger partial charge in [-0.3, -0.25) is 9.69 Å². The minimum Gasteiger partial charge on any atom is -0.337 e. The number of amides is 1. The van der Waals surface area contributed by atoms with E-state index >= 15 is 0 Å². The lowest BCUT2D eigenvalue weighted by molar-refractivity contribution is -0.136. The molecule has 0 bridgehead atoms. The van der Waals surface area contributed by atoms with Crippen molar-refractivity contribution >= 4 is 5.91 Å². The molecule has 1 saturated heterocycles. The molecule has 24 heavy (non-hydrogen) atoms. The first-order valence-electron chi connectivity index (χ1n) is 9.24. The zero-order valence-electron chi connectivity index (χ0n) is 15.6. The third kappa shape index (κ3) is 4.81. The fourth-order valence-corrected chi connectivity index (χ4v) is 3.39. The third-order valence-electron chi connectivity index (χ3n) is 5.04. The van der Waals surface area contributed by atoms with Gasteiger partial charge in [0.2, 0.25) is 5.91 Å². The first-order valence-corrected chi connectivity index (χ1v) is 9.24. The number of hydrogen-bond acceptors (Lipinski definition) is 3. The number of likely N-dealkylation sites (tertiary alicyclic amines) is 1. The van der Waals surface area contributed by atoms with Crippen LogP contribution in [0.3, 0.4) is 0 Å². The van der Waals surface area contributed by atoms with Crippen molar-refractivity contribution in [1.29, 1.82) is 0 Å². The highest BCUT2D eigenvalue weighted by Crippen LogP contribution is 2.22. The van der Waals surface area contributed by atoms with E-state index in [2.05, 4.69) is 49.1 Å². The highest BCUT2D eigenvalue weighted by Gasteiger charge is 2.31. The number of benzene rings is 1. The van der Waals surface area contributed by atoms with E-state index in [0.717, 1.165) is 26.1 Å². The molecule has 0 spiro atoms. The Hall–Kier alpha value is -1.39. The van der Waals surface area contributed by atoms with Crippen LogP contribution in [0.25, 0.3) is 0 Å². The van der Waals surface area contributed by atoms with Crippen molar-refractivity contribution in [3.63, 3.8) is 0 Å². The van der Waals surface area contributed by atoms with Gasteiger partial charge in [-0.2, -0.15) is 0 Å². The fraction of sp³-hybridized carbons (Fsp3) is 0.650. The zero-order chi connectivity index (χ0) is 17.7. The molecule has 0 aromatic heterocycles. The Kier molecular flexibility index (Phi) is 6.81. The summed E-state index contributed by atoms with van der Waals surface area (Å²) in [6, 6.07) is 10.8. The topological polar surface area (TPSA) is 49.6 Å². The molecule has 2 atom stereocenters. The summed E-state index contributed by atoms with van der Waals surface area (Å²) in [6.45, 7) is 11.0. The minimum atomic E-state index is -0.406. The van der Waals surface area contributed by atoms with E-state index in [1.54, 1.807) is 0 Å². The Morgan fingerprint density at radius 3 is 2.50 bits per heavy atom. The molecule has 134 valence electrons. The lowest BCUT2D eigenvalue weighted by Gasteiger charge is -2.35. The van der Waals surface area contributed by atoms with Crippen LogP contribution in [0.1, 0.15) is 46.1 Å². The molecule has 1 aromatic rings. The Labute approximate surface area is 147 Å². The number of nitrogens with two attached hydrogens (primary N) is 1. The van der Waals surface area contributed by atoms with Gasteiger partial charge >= 0.3 is 0 Å². The average Bonchev–Trinajstić information content (AvgIpc) is 2.98. The van der Waals surface area contributed by atoms with E-state index in [9.17, 15) is 4.79 Å². The second-order valence-electron chi connectivity index (χ2n) is 7.61. The Morgan fingerprint density at radius 1 is 1.25 bits per heavy atom. The summed E-state index contributed by atoms with van der Waals surface area (Å²) in [4.78, 5) is 17.3. The van der Waals surface area contributed by atoms with Crippen molar-refractivity contribution in [2.24, 2.45) is 11.7 Å². The summed E-state index contributed by atoms with van der Waals surface area (Å²) >= 11 is 0. The molecule has 4 heteroatoms. The van der Waals surface area contributed by atoms with E-state index < -0.39 is 6.04 Å². The molecular weight excluding hydrogens is 298 g/mol. The lowest BCUT2D eigenvalue weighted by atomic mass is 10.0. The second-order valence-corrected chi connectivity index (χ2v) is 7.61. The van der Waals surface area contributed by atoms with Crippen LogP contribution in [0.5, 0.6) is 0 Å². The van der Waals surface area contributed by atoms with E-state index in [-0.39, 0.29) is 17.9 Å². The van der Waals surface area contributed by atoms with Gasteiger partial charge in [-0.05, 0) is 44.7 Å². The molecule has 1 aromatic carbocycles. The molecule has 4 nitrogen and oxygen atoms in total. The standard InChI is InChI=1S/C20H33N3O/c1-15(2)19(21)20(24)23(16(3)4)14-18-11-8-12-22(18)13-17-9-6-5-7-10-17/h5-7,9-10,15-16,18-19H,8,11-14,21H2,1-4H3/t18-,19+/m1/s1. The number of nitrogens with zero attached hydrogens (tertiary/aromatic N) is 2. The average molecular weight is 332 g/mol. The lowest BCUT2D eigenvalue weighted by Crippen LogP contribution is -2.53. The molecule has 0 radical (unpaired) electrons. The second kappa shape index (κ2) is 8.63. The highest BCUT2D eigenvalue weighted by atomic mass is 16.2. The van der Waals surface area contributed by atoms with Crippen molar-refractivity contribution in [2.75, 3.05) is 13.1 Å². The molecule has 0 saturated carbocycles. The van der Waals surface area contributed by atoms with Gasteiger partial charge in [0, 0.05) is 25.2 Å². The van der Waals surface area contributed by atoms with E-state index in [1.165, 1.54) is 12.0 Å². The van der Waals surface area contributed by atoms with Crippen LogP contribution in [-0.2, 0) is 11.3 Å². The molecule has 1 aliphatic rings. The molecule has 1 heterocycles. The normalized spacial score (nSPS) is 19.9. The van der Waals surface area contributed by atoms with Crippen LogP contribution in [0.4, 0.5) is 0 Å². The van der Waals surface area contributed by atoms with E-state index in [1.807, 2.05) is 18.7 Å². The molecule has 1 amide bonds. The zero-order valence-corrected chi connectivity index (χ0v) is 15.6. The van der Waals surface area contributed by atoms with Gasteiger partial charge in [0.05, 0.1) is 6.04 Å². The maximum absolute atomic E-state index is 12.8.